The Morgan fingerprint density at radius 3 is 3.12 bits per heavy atom. The van der Waals surface area contributed by atoms with Crippen molar-refractivity contribution in [2.24, 2.45) is 0 Å². The van der Waals surface area contributed by atoms with Crippen LogP contribution in [0.25, 0.3) is 0 Å². The molecule has 1 heterocycles. The molecule has 0 fully saturated rings. The van der Waals surface area contributed by atoms with Crippen LogP contribution in [0.1, 0.15) is 19.8 Å². The molecule has 5 nitrogen and oxygen atoms in total. The maximum absolute atomic E-state index is 11.2. The zero-order chi connectivity index (χ0) is 12.7. The molecule has 1 aromatic heterocycles. The first kappa shape index (κ1) is 13.3. The van der Waals surface area contributed by atoms with E-state index in [0.29, 0.717) is 6.04 Å². The third kappa shape index (κ3) is 4.72. The average Bonchev–Trinajstić information content (AvgIpc) is 2.73. The topological polar surface area (TPSA) is 59.0 Å². The molecule has 0 aliphatic heterocycles. The van der Waals surface area contributed by atoms with Crippen LogP contribution in [-0.2, 0) is 11.3 Å². The standard InChI is InChI=1S/C12H20N4O/c1-4-5-6-10(2)15-11-7-14-16(8-11)9-12(17)13-3/h4,7-8,10,15H,1,5-6,9H2,2-3H3,(H,13,17). The minimum Gasteiger partial charge on any atom is -0.380 e. The van der Waals surface area contributed by atoms with E-state index >= 15 is 0 Å². The Morgan fingerprint density at radius 2 is 2.47 bits per heavy atom. The molecular formula is C12H20N4O. The smallest absolute Gasteiger partial charge is 0.241 e. The highest BCUT2D eigenvalue weighted by Crippen LogP contribution is 2.09. The zero-order valence-electron chi connectivity index (χ0n) is 10.4. The number of carbonyl (C=O) groups is 1. The molecule has 0 aromatic carbocycles. The van der Waals surface area contributed by atoms with E-state index < -0.39 is 0 Å². The van der Waals surface area contributed by atoms with Crippen molar-refractivity contribution in [3.05, 3.63) is 25.0 Å². The first-order valence-corrected chi connectivity index (χ1v) is 5.76. The van der Waals surface area contributed by atoms with Gasteiger partial charge in [-0.1, -0.05) is 6.08 Å². The number of allylic oxidation sites excluding steroid dienone is 1. The first-order chi connectivity index (χ1) is 8.15. The molecule has 1 aromatic rings. The molecule has 0 aliphatic carbocycles. The number of hydrogen-bond acceptors (Lipinski definition) is 3. The van der Waals surface area contributed by atoms with Gasteiger partial charge in [-0.3, -0.25) is 9.48 Å². The molecule has 0 aliphatic rings. The van der Waals surface area contributed by atoms with Crippen molar-refractivity contribution in [1.29, 1.82) is 0 Å². The third-order valence-electron chi connectivity index (χ3n) is 2.43. The Hall–Kier alpha value is -1.78. The maximum Gasteiger partial charge on any atom is 0.241 e. The van der Waals surface area contributed by atoms with E-state index in [0.717, 1.165) is 18.5 Å². The number of anilines is 1. The summed E-state index contributed by atoms with van der Waals surface area (Å²) in [6.45, 7) is 6.06. The molecular weight excluding hydrogens is 216 g/mol. The van der Waals surface area contributed by atoms with E-state index in [-0.39, 0.29) is 12.5 Å². The second-order valence-electron chi connectivity index (χ2n) is 4.01. The second kappa shape index (κ2) is 6.73. The number of amides is 1. The number of carbonyl (C=O) groups excluding carboxylic acids is 1. The van der Waals surface area contributed by atoms with Crippen LogP contribution in [0, 0.1) is 0 Å². The van der Waals surface area contributed by atoms with Gasteiger partial charge in [0, 0.05) is 19.3 Å². The normalized spacial score (nSPS) is 11.9. The number of aromatic nitrogens is 2. The van der Waals surface area contributed by atoms with E-state index in [9.17, 15) is 4.79 Å². The molecule has 94 valence electrons. The summed E-state index contributed by atoms with van der Waals surface area (Å²) < 4.78 is 1.61. The highest BCUT2D eigenvalue weighted by molar-refractivity contribution is 5.75. The largest absolute Gasteiger partial charge is 0.380 e. The van der Waals surface area contributed by atoms with E-state index in [1.165, 1.54) is 0 Å². The molecule has 1 atom stereocenters. The summed E-state index contributed by atoms with van der Waals surface area (Å²) in [6, 6.07) is 0.366. The molecule has 0 saturated carbocycles. The summed E-state index contributed by atoms with van der Waals surface area (Å²) in [6.07, 6.45) is 7.49. The van der Waals surface area contributed by atoms with Gasteiger partial charge in [0.1, 0.15) is 6.54 Å². The summed E-state index contributed by atoms with van der Waals surface area (Å²) in [5.41, 5.74) is 0.936. The van der Waals surface area contributed by atoms with E-state index in [4.69, 9.17) is 0 Å². The van der Waals surface area contributed by atoms with Gasteiger partial charge >= 0.3 is 0 Å². The minimum absolute atomic E-state index is 0.0562. The maximum atomic E-state index is 11.2. The Bertz CT molecular complexity index is 372. The predicted molar refractivity (Wildman–Crippen MR) is 68.8 cm³/mol. The van der Waals surface area contributed by atoms with Crippen LogP contribution in [0.2, 0.25) is 0 Å². The lowest BCUT2D eigenvalue weighted by Gasteiger charge is -2.11. The number of likely N-dealkylation sites (N-methyl/N-ethyl adjacent to an activating group) is 1. The van der Waals surface area contributed by atoms with Gasteiger partial charge in [-0.15, -0.1) is 6.58 Å². The molecule has 1 rings (SSSR count). The molecule has 1 amide bonds. The van der Waals surface area contributed by atoms with Crippen molar-refractivity contribution in [2.45, 2.75) is 32.4 Å². The van der Waals surface area contributed by atoms with Crippen LogP contribution in [0.3, 0.4) is 0 Å². The van der Waals surface area contributed by atoms with Crippen molar-refractivity contribution in [3.63, 3.8) is 0 Å². The van der Waals surface area contributed by atoms with Gasteiger partial charge in [0.15, 0.2) is 0 Å². The lowest BCUT2D eigenvalue weighted by atomic mass is 10.2. The molecule has 5 heteroatoms. The molecule has 2 N–H and O–H groups in total. The summed E-state index contributed by atoms with van der Waals surface area (Å²) in [4.78, 5) is 11.2. The third-order valence-corrected chi connectivity index (χ3v) is 2.43. The van der Waals surface area contributed by atoms with Gasteiger partial charge in [0.25, 0.3) is 0 Å². The van der Waals surface area contributed by atoms with Crippen LogP contribution >= 0.6 is 0 Å². The molecule has 0 radical (unpaired) electrons. The molecule has 17 heavy (non-hydrogen) atoms. The average molecular weight is 236 g/mol. The number of nitrogens with zero attached hydrogens (tertiary/aromatic N) is 2. The van der Waals surface area contributed by atoms with E-state index in [1.807, 2.05) is 12.3 Å². The van der Waals surface area contributed by atoms with Crippen molar-refractivity contribution < 1.29 is 4.79 Å². The number of hydrogen-bond donors (Lipinski definition) is 2. The quantitative estimate of drug-likeness (QED) is 0.703. The van der Waals surface area contributed by atoms with E-state index in [2.05, 4.69) is 29.2 Å². The van der Waals surface area contributed by atoms with Crippen molar-refractivity contribution in [3.8, 4) is 0 Å². The van der Waals surface area contributed by atoms with E-state index in [1.54, 1.807) is 17.9 Å². The highest BCUT2D eigenvalue weighted by atomic mass is 16.1. The summed E-state index contributed by atoms with van der Waals surface area (Å²) in [7, 11) is 1.61. The molecule has 0 spiro atoms. The van der Waals surface area contributed by atoms with Crippen molar-refractivity contribution in [2.75, 3.05) is 12.4 Å². The van der Waals surface area contributed by atoms with Crippen molar-refractivity contribution >= 4 is 11.6 Å². The number of nitrogens with one attached hydrogen (secondary N) is 2. The van der Waals surface area contributed by atoms with Gasteiger partial charge < -0.3 is 10.6 Å². The van der Waals surface area contributed by atoms with Crippen LogP contribution in [0.15, 0.2) is 25.0 Å². The van der Waals surface area contributed by atoms with Crippen LogP contribution in [-0.4, -0.2) is 28.8 Å². The van der Waals surface area contributed by atoms with Gasteiger partial charge in [0.05, 0.1) is 11.9 Å². The Balaban J connectivity index is 2.44. The van der Waals surface area contributed by atoms with Gasteiger partial charge in [-0.2, -0.15) is 5.10 Å². The molecule has 0 bridgehead atoms. The Kier molecular flexibility index (Phi) is 5.26. The molecule has 1 unspecified atom stereocenters. The lowest BCUT2D eigenvalue weighted by molar-refractivity contribution is -0.121. The first-order valence-electron chi connectivity index (χ1n) is 5.76. The Labute approximate surface area is 102 Å². The predicted octanol–water partition coefficient (Wildman–Crippen LogP) is 1.40. The highest BCUT2D eigenvalue weighted by Gasteiger charge is 2.05. The van der Waals surface area contributed by atoms with Gasteiger partial charge in [-0.05, 0) is 19.8 Å². The summed E-state index contributed by atoms with van der Waals surface area (Å²) in [5.74, 6) is -0.0562. The van der Waals surface area contributed by atoms with Crippen LogP contribution in [0.4, 0.5) is 5.69 Å². The van der Waals surface area contributed by atoms with Crippen LogP contribution < -0.4 is 10.6 Å². The fourth-order valence-corrected chi connectivity index (χ4v) is 1.48. The second-order valence-corrected chi connectivity index (χ2v) is 4.01. The SMILES string of the molecule is C=CCCC(C)Nc1cnn(CC(=O)NC)c1. The Morgan fingerprint density at radius 1 is 1.71 bits per heavy atom. The van der Waals surface area contributed by atoms with Gasteiger partial charge in [0.2, 0.25) is 5.91 Å². The fraction of sp³-hybridized carbons (Fsp3) is 0.500. The fourth-order valence-electron chi connectivity index (χ4n) is 1.48. The zero-order valence-corrected chi connectivity index (χ0v) is 10.4. The number of rotatable bonds is 7. The monoisotopic (exact) mass is 236 g/mol. The minimum atomic E-state index is -0.0562. The van der Waals surface area contributed by atoms with Gasteiger partial charge in [-0.25, -0.2) is 0 Å². The summed E-state index contributed by atoms with van der Waals surface area (Å²) in [5, 5.41) is 10.00. The summed E-state index contributed by atoms with van der Waals surface area (Å²) >= 11 is 0. The van der Waals surface area contributed by atoms with Crippen molar-refractivity contribution in [1.82, 2.24) is 15.1 Å². The lowest BCUT2D eigenvalue weighted by Crippen LogP contribution is -2.23. The molecule has 0 saturated heterocycles. The van der Waals surface area contributed by atoms with Crippen LogP contribution in [0.5, 0.6) is 0 Å².